The summed E-state index contributed by atoms with van der Waals surface area (Å²) >= 11 is 0. The Morgan fingerprint density at radius 3 is 2.46 bits per heavy atom. The van der Waals surface area contributed by atoms with Gasteiger partial charge in [-0.15, -0.1) is 0 Å². The zero-order chi connectivity index (χ0) is 18.3. The molecule has 1 heterocycles. The number of hydrogen-bond acceptors (Lipinski definition) is 2. The molecule has 3 nitrogen and oxygen atoms in total. The second-order valence-corrected chi connectivity index (χ2v) is 6.73. The van der Waals surface area contributed by atoms with Gasteiger partial charge in [-0.2, -0.15) is 0 Å². The number of rotatable bonds is 2. The predicted molar refractivity (Wildman–Crippen MR) is 108 cm³/mol. The molecule has 0 fully saturated rings. The molecule has 4 rings (SSSR count). The van der Waals surface area contributed by atoms with E-state index in [1.54, 1.807) is 4.90 Å². The van der Waals surface area contributed by atoms with Gasteiger partial charge in [0.25, 0.3) is 5.91 Å². The monoisotopic (exact) mass is 340 g/mol. The van der Waals surface area contributed by atoms with Crippen molar-refractivity contribution in [2.75, 3.05) is 11.9 Å². The van der Waals surface area contributed by atoms with E-state index in [2.05, 4.69) is 29.2 Å². The first kappa shape index (κ1) is 16.3. The molecule has 1 amide bonds. The average molecular weight is 340 g/mol. The molecule has 0 aliphatic heterocycles. The minimum absolute atomic E-state index is 0.0265. The van der Waals surface area contributed by atoms with Crippen molar-refractivity contribution in [1.29, 1.82) is 0 Å². The molecule has 0 bridgehead atoms. The number of benzene rings is 3. The van der Waals surface area contributed by atoms with Gasteiger partial charge >= 0.3 is 0 Å². The molecule has 3 aromatic carbocycles. The highest BCUT2D eigenvalue weighted by molar-refractivity contribution is 6.14. The van der Waals surface area contributed by atoms with Gasteiger partial charge in [0.05, 0.1) is 11.1 Å². The first-order chi connectivity index (χ1) is 12.5. The van der Waals surface area contributed by atoms with Crippen molar-refractivity contribution in [2.45, 2.75) is 13.8 Å². The number of carbonyl (C=O) groups excluding carboxylic acids is 1. The van der Waals surface area contributed by atoms with Gasteiger partial charge in [-0.1, -0.05) is 42.0 Å². The molecule has 0 N–H and O–H groups in total. The van der Waals surface area contributed by atoms with E-state index in [0.717, 1.165) is 38.6 Å². The summed E-state index contributed by atoms with van der Waals surface area (Å²) < 4.78 is 0. The lowest BCUT2D eigenvalue weighted by Gasteiger charge is -2.19. The van der Waals surface area contributed by atoms with Crippen LogP contribution in [0.3, 0.4) is 0 Å². The van der Waals surface area contributed by atoms with Crippen LogP contribution < -0.4 is 4.90 Å². The van der Waals surface area contributed by atoms with E-state index in [9.17, 15) is 4.79 Å². The van der Waals surface area contributed by atoms with Crippen molar-refractivity contribution in [1.82, 2.24) is 4.98 Å². The first-order valence-corrected chi connectivity index (χ1v) is 8.68. The Morgan fingerprint density at radius 2 is 1.65 bits per heavy atom. The number of anilines is 1. The third-order valence-electron chi connectivity index (χ3n) is 4.75. The van der Waals surface area contributed by atoms with Gasteiger partial charge in [-0.25, -0.2) is 0 Å². The number of hydrogen-bond donors (Lipinski definition) is 0. The summed E-state index contributed by atoms with van der Waals surface area (Å²) in [6.07, 6.45) is 0. The van der Waals surface area contributed by atoms with Crippen molar-refractivity contribution >= 4 is 33.3 Å². The number of fused-ring (bicyclic) bond motifs is 2. The number of carbonyl (C=O) groups is 1. The molecule has 4 aromatic rings. The molecule has 0 atom stereocenters. The maximum Gasteiger partial charge on any atom is 0.258 e. The molecule has 0 radical (unpaired) electrons. The molecular formula is C23H20N2O. The Morgan fingerprint density at radius 1 is 0.885 bits per heavy atom. The van der Waals surface area contributed by atoms with Gasteiger partial charge in [0.1, 0.15) is 0 Å². The number of aromatic nitrogens is 1. The molecular weight excluding hydrogens is 320 g/mol. The SMILES string of the molecule is Cc1ccc2nc(C)cc(C(=O)N(C)c3ccc4ccccc4c3)c2c1. The lowest BCUT2D eigenvalue weighted by molar-refractivity contribution is 0.0994. The van der Waals surface area contributed by atoms with Crippen LogP contribution in [0.1, 0.15) is 21.6 Å². The average Bonchev–Trinajstić information content (AvgIpc) is 2.66. The fraction of sp³-hybridized carbons (Fsp3) is 0.130. The second-order valence-electron chi connectivity index (χ2n) is 6.73. The van der Waals surface area contributed by atoms with Crippen LogP contribution in [0.15, 0.2) is 66.7 Å². The lowest BCUT2D eigenvalue weighted by Crippen LogP contribution is -2.26. The summed E-state index contributed by atoms with van der Waals surface area (Å²) in [6.45, 7) is 3.95. The van der Waals surface area contributed by atoms with Crippen molar-refractivity contribution in [2.24, 2.45) is 0 Å². The van der Waals surface area contributed by atoms with Crippen LogP contribution in [0, 0.1) is 13.8 Å². The zero-order valence-corrected chi connectivity index (χ0v) is 15.2. The number of aryl methyl sites for hydroxylation is 2. The van der Waals surface area contributed by atoms with E-state index in [4.69, 9.17) is 0 Å². The first-order valence-electron chi connectivity index (χ1n) is 8.68. The van der Waals surface area contributed by atoms with Crippen LogP contribution in [-0.4, -0.2) is 17.9 Å². The summed E-state index contributed by atoms with van der Waals surface area (Å²) in [4.78, 5) is 19.5. The Hall–Kier alpha value is -3.20. The molecule has 0 saturated heterocycles. The highest BCUT2D eigenvalue weighted by Gasteiger charge is 2.18. The minimum Gasteiger partial charge on any atom is -0.311 e. The van der Waals surface area contributed by atoms with Gasteiger partial charge < -0.3 is 4.90 Å². The smallest absolute Gasteiger partial charge is 0.258 e. The van der Waals surface area contributed by atoms with Crippen molar-refractivity contribution < 1.29 is 4.79 Å². The third kappa shape index (κ3) is 2.82. The molecule has 0 saturated carbocycles. The highest BCUT2D eigenvalue weighted by atomic mass is 16.2. The molecule has 0 aliphatic carbocycles. The molecule has 3 heteroatoms. The van der Waals surface area contributed by atoms with Gasteiger partial charge in [0, 0.05) is 23.8 Å². The minimum atomic E-state index is -0.0265. The zero-order valence-electron chi connectivity index (χ0n) is 15.2. The summed E-state index contributed by atoms with van der Waals surface area (Å²) in [6, 6.07) is 22.2. The molecule has 1 aromatic heterocycles. The van der Waals surface area contributed by atoms with Gasteiger partial charge in [-0.3, -0.25) is 9.78 Å². The summed E-state index contributed by atoms with van der Waals surface area (Å²) in [5, 5.41) is 3.18. The number of amides is 1. The van der Waals surface area contributed by atoms with Gasteiger partial charge in [-0.05, 0) is 55.0 Å². The Balaban J connectivity index is 1.81. The Bertz CT molecular complexity index is 1150. The molecule has 0 aliphatic rings. The largest absolute Gasteiger partial charge is 0.311 e. The molecule has 26 heavy (non-hydrogen) atoms. The van der Waals surface area contributed by atoms with Crippen LogP contribution in [0.4, 0.5) is 5.69 Å². The van der Waals surface area contributed by atoms with Gasteiger partial charge in [0.2, 0.25) is 0 Å². The molecule has 128 valence electrons. The van der Waals surface area contributed by atoms with E-state index in [0.29, 0.717) is 5.56 Å². The van der Waals surface area contributed by atoms with Crippen LogP contribution in [-0.2, 0) is 0 Å². The predicted octanol–water partition coefficient (Wildman–Crippen LogP) is 5.28. The van der Waals surface area contributed by atoms with Crippen LogP contribution in [0.5, 0.6) is 0 Å². The van der Waals surface area contributed by atoms with Crippen molar-refractivity contribution in [3.05, 3.63) is 83.6 Å². The highest BCUT2D eigenvalue weighted by Crippen LogP contribution is 2.26. The van der Waals surface area contributed by atoms with Crippen molar-refractivity contribution in [3.8, 4) is 0 Å². The van der Waals surface area contributed by atoms with Crippen LogP contribution >= 0.6 is 0 Å². The quantitative estimate of drug-likeness (QED) is 0.497. The van der Waals surface area contributed by atoms with E-state index in [1.165, 1.54) is 0 Å². The van der Waals surface area contributed by atoms with Gasteiger partial charge in [0.15, 0.2) is 0 Å². The van der Waals surface area contributed by atoms with E-state index in [-0.39, 0.29) is 5.91 Å². The number of pyridine rings is 1. The lowest BCUT2D eigenvalue weighted by atomic mass is 10.0. The molecule has 0 spiro atoms. The summed E-state index contributed by atoms with van der Waals surface area (Å²) in [5.74, 6) is -0.0265. The third-order valence-corrected chi connectivity index (χ3v) is 4.75. The maximum atomic E-state index is 13.3. The summed E-state index contributed by atoms with van der Waals surface area (Å²) in [7, 11) is 1.82. The van der Waals surface area contributed by atoms with Crippen LogP contribution in [0.25, 0.3) is 21.7 Å². The molecule has 0 unspecified atom stereocenters. The Labute approximate surface area is 152 Å². The van der Waals surface area contributed by atoms with E-state index in [1.807, 2.05) is 63.4 Å². The topological polar surface area (TPSA) is 33.2 Å². The van der Waals surface area contributed by atoms with E-state index < -0.39 is 0 Å². The fourth-order valence-electron chi connectivity index (χ4n) is 3.33. The number of nitrogens with zero attached hydrogens (tertiary/aromatic N) is 2. The maximum absolute atomic E-state index is 13.3. The second kappa shape index (κ2) is 6.26. The Kier molecular flexibility index (Phi) is 3.92. The standard InChI is InChI=1S/C23H20N2O/c1-15-8-11-22-20(12-15)21(13-16(2)24-22)23(26)25(3)19-10-9-17-6-4-5-7-18(17)14-19/h4-14H,1-3H3. The summed E-state index contributed by atoms with van der Waals surface area (Å²) in [5.41, 5.74) is 4.38. The normalized spacial score (nSPS) is 11.0. The van der Waals surface area contributed by atoms with Crippen LogP contribution in [0.2, 0.25) is 0 Å². The van der Waals surface area contributed by atoms with Crippen molar-refractivity contribution in [3.63, 3.8) is 0 Å². The van der Waals surface area contributed by atoms with E-state index >= 15 is 0 Å². The fourth-order valence-corrected chi connectivity index (χ4v) is 3.33.